The summed E-state index contributed by atoms with van der Waals surface area (Å²) in [6.45, 7) is 8.91. The first-order valence-electron chi connectivity index (χ1n) is 5.79. The van der Waals surface area contributed by atoms with Crippen molar-refractivity contribution in [3.8, 4) is 0 Å². The number of hydrogen-bond donors (Lipinski definition) is 1. The van der Waals surface area contributed by atoms with Crippen LogP contribution in [0.25, 0.3) is 0 Å². The fraction of sp³-hybridized carbons (Fsp3) is 0.750. The first kappa shape index (κ1) is 12.2. The van der Waals surface area contributed by atoms with Gasteiger partial charge in [-0.05, 0) is 19.3 Å². The lowest BCUT2D eigenvalue weighted by atomic mass is 10.0. The normalized spacial score (nSPS) is 15.6. The zero-order valence-electron chi connectivity index (χ0n) is 10.5. The average Bonchev–Trinajstić information content (AvgIpc) is 2.60. The minimum Gasteiger partial charge on any atom is -0.337 e. The molecular weight excluding hydrogens is 186 g/mol. The van der Waals surface area contributed by atoms with Crippen LogP contribution in [0.5, 0.6) is 0 Å². The molecule has 1 heterocycles. The van der Waals surface area contributed by atoms with Gasteiger partial charge < -0.3 is 9.88 Å². The molecule has 0 bridgehead atoms. The van der Waals surface area contributed by atoms with Gasteiger partial charge in [-0.15, -0.1) is 0 Å². The van der Waals surface area contributed by atoms with E-state index in [-0.39, 0.29) is 0 Å². The van der Waals surface area contributed by atoms with E-state index in [2.05, 4.69) is 42.6 Å². The van der Waals surface area contributed by atoms with Crippen LogP contribution in [0.2, 0.25) is 0 Å². The third kappa shape index (κ3) is 3.06. The SMILES string of the molecule is CCC(NC(C)c1nccn1C)C(C)C. The average molecular weight is 209 g/mol. The van der Waals surface area contributed by atoms with Crippen molar-refractivity contribution in [2.24, 2.45) is 13.0 Å². The molecule has 1 aromatic heterocycles. The Kier molecular flexibility index (Phi) is 4.33. The van der Waals surface area contributed by atoms with Crippen LogP contribution < -0.4 is 5.32 Å². The molecule has 0 saturated heterocycles. The van der Waals surface area contributed by atoms with Crippen molar-refractivity contribution < 1.29 is 0 Å². The Bertz CT molecular complexity index is 291. The highest BCUT2D eigenvalue weighted by Gasteiger charge is 2.16. The fourth-order valence-electron chi connectivity index (χ4n) is 1.97. The fourth-order valence-corrected chi connectivity index (χ4v) is 1.97. The molecule has 1 aromatic rings. The van der Waals surface area contributed by atoms with E-state index in [1.54, 1.807) is 0 Å². The van der Waals surface area contributed by atoms with Crippen molar-refractivity contribution in [3.05, 3.63) is 18.2 Å². The molecule has 2 atom stereocenters. The van der Waals surface area contributed by atoms with Crippen LogP contribution >= 0.6 is 0 Å². The summed E-state index contributed by atoms with van der Waals surface area (Å²) in [5.41, 5.74) is 0. The maximum Gasteiger partial charge on any atom is 0.125 e. The van der Waals surface area contributed by atoms with E-state index in [1.807, 2.05) is 19.4 Å². The Morgan fingerprint density at radius 2 is 2.07 bits per heavy atom. The van der Waals surface area contributed by atoms with E-state index >= 15 is 0 Å². The smallest absolute Gasteiger partial charge is 0.125 e. The van der Waals surface area contributed by atoms with Gasteiger partial charge in [-0.3, -0.25) is 0 Å². The monoisotopic (exact) mass is 209 g/mol. The Hall–Kier alpha value is -0.830. The lowest BCUT2D eigenvalue weighted by Crippen LogP contribution is -2.36. The lowest BCUT2D eigenvalue weighted by molar-refractivity contribution is 0.346. The van der Waals surface area contributed by atoms with Gasteiger partial charge in [-0.1, -0.05) is 20.8 Å². The quantitative estimate of drug-likeness (QED) is 0.807. The maximum atomic E-state index is 4.36. The molecule has 3 nitrogen and oxygen atoms in total. The summed E-state index contributed by atoms with van der Waals surface area (Å²) in [6, 6.07) is 0.883. The topological polar surface area (TPSA) is 29.9 Å². The van der Waals surface area contributed by atoms with E-state index in [1.165, 1.54) is 0 Å². The van der Waals surface area contributed by atoms with Crippen LogP contribution in [0.3, 0.4) is 0 Å². The molecule has 2 unspecified atom stereocenters. The van der Waals surface area contributed by atoms with E-state index < -0.39 is 0 Å². The summed E-state index contributed by atoms with van der Waals surface area (Å²) in [5, 5.41) is 3.63. The van der Waals surface area contributed by atoms with Crippen LogP contribution in [0.15, 0.2) is 12.4 Å². The molecule has 86 valence electrons. The third-order valence-electron chi connectivity index (χ3n) is 2.95. The molecule has 0 amide bonds. The Morgan fingerprint density at radius 3 is 2.47 bits per heavy atom. The zero-order chi connectivity index (χ0) is 11.4. The lowest BCUT2D eigenvalue weighted by Gasteiger charge is -2.25. The van der Waals surface area contributed by atoms with Gasteiger partial charge in [-0.2, -0.15) is 0 Å². The van der Waals surface area contributed by atoms with Crippen molar-refractivity contribution in [1.82, 2.24) is 14.9 Å². The molecule has 1 rings (SSSR count). The Labute approximate surface area is 92.9 Å². The summed E-state index contributed by atoms with van der Waals surface area (Å²) >= 11 is 0. The number of nitrogens with one attached hydrogen (secondary N) is 1. The van der Waals surface area contributed by atoms with Gasteiger partial charge in [0.1, 0.15) is 5.82 Å². The minimum absolute atomic E-state index is 0.317. The predicted molar refractivity (Wildman–Crippen MR) is 63.7 cm³/mol. The van der Waals surface area contributed by atoms with Crippen LogP contribution in [0, 0.1) is 5.92 Å². The van der Waals surface area contributed by atoms with Crippen LogP contribution in [0.4, 0.5) is 0 Å². The number of hydrogen-bond acceptors (Lipinski definition) is 2. The second kappa shape index (κ2) is 5.31. The minimum atomic E-state index is 0.317. The summed E-state index contributed by atoms with van der Waals surface area (Å²) in [4.78, 5) is 4.36. The Balaban J connectivity index is 2.62. The summed E-state index contributed by atoms with van der Waals surface area (Å²) in [7, 11) is 2.04. The summed E-state index contributed by atoms with van der Waals surface area (Å²) in [5.74, 6) is 1.77. The van der Waals surface area contributed by atoms with Crippen molar-refractivity contribution in [2.75, 3.05) is 0 Å². The van der Waals surface area contributed by atoms with Gasteiger partial charge in [0.25, 0.3) is 0 Å². The summed E-state index contributed by atoms with van der Waals surface area (Å²) < 4.78 is 2.07. The number of imidazole rings is 1. The second-order valence-corrected chi connectivity index (χ2v) is 4.54. The molecule has 0 aromatic carbocycles. The first-order chi connectivity index (χ1) is 7.06. The largest absolute Gasteiger partial charge is 0.337 e. The van der Waals surface area contributed by atoms with E-state index in [4.69, 9.17) is 0 Å². The number of aryl methyl sites for hydroxylation is 1. The number of rotatable bonds is 5. The number of nitrogens with zero attached hydrogens (tertiary/aromatic N) is 2. The standard InChI is InChI=1S/C12H23N3/c1-6-11(9(2)3)14-10(4)12-13-7-8-15(12)5/h7-11,14H,6H2,1-5H3. The molecule has 0 fully saturated rings. The molecule has 0 aliphatic heterocycles. The maximum absolute atomic E-state index is 4.36. The molecule has 0 aliphatic rings. The molecule has 15 heavy (non-hydrogen) atoms. The molecule has 0 spiro atoms. The highest BCUT2D eigenvalue weighted by atomic mass is 15.1. The van der Waals surface area contributed by atoms with Crippen molar-refractivity contribution in [1.29, 1.82) is 0 Å². The third-order valence-corrected chi connectivity index (χ3v) is 2.95. The van der Waals surface area contributed by atoms with Crippen molar-refractivity contribution in [2.45, 2.75) is 46.2 Å². The van der Waals surface area contributed by atoms with E-state index in [9.17, 15) is 0 Å². The zero-order valence-corrected chi connectivity index (χ0v) is 10.5. The molecule has 3 heteroatoms. The van der Waals surface area contributed by atoms with Crippen LogP contribution in [-0.2, 0) is 7.05 Å². The van der Waals surface area contributed by atoms with Gasteiger partial charge in [-0.25, -0.2) is 4.98 Å². The second-order valence-electron chi connectivity index (χ2n) is 4.54. The molecule has 0 radical (unpaired) electrons. The van der Waals surface area contributed by atoms with Crippen molar-refractivity contribution >= 4 is 0 Å². The first-order valence-corrected chi connectivity index (χ1v) is 5.79. The molecule has 0 aliphatic carbocycles. The van der Waals surface area contributed by atoms with Gasteiger partial charge >= 0.3 is 0 Å². The molecular formula is C12H23N3. The van der Waals surface area contributed by atoms with Crippen molar-refractivity contribution in [3.63, 3.8) is 0 Å². The highest BCUT2D eigenvalue weighted by molar-refractivity contribution is 4.97. The van der Waals surface area contributed by atoms with Gasteiger partial charge in [0, 0.05) is 25.5 Å². The summed E-state index contributed by atoms with van der Waals surface area (Å²) in [6.07, 6.45) is 5.00. The molecule has 1 N–H and O–H groups in total. The van der Waals surface area contributed by atoms with E-state index in [0.717, 1.165) is 12.2 Å². The van der Waals surface area contributed by atoms with Gasteiger partial charge in [0.05, 0.1) is 6.04 Å². The van der Waals surface area contributed by atoms with Gasteiger partial charge in [0.15, 0.2) is 0 Å². The van der Waals surface area contributed by atoms with Crippen LogP contribution in [0.1, 0.15) is 46.0 Å². The van der Waals surface area contributed by atoms with E-state index in [0.29, 0.717) is 18.0 Å². The number of aromatic nitrogens is 2. The highest BCUT2D eigenvalue weighted by Crippen LogP contribution is 2.14. The van der Waals surface area contributed by atoms with Crippen LogP contribution in [-0.4, -0.2) is 15.6 Å². The predicted octanol–water partition coefficient (Wildman–Crippen LogP) is 2.51. The molecule has 0 saturated carbocycles. The Morgan fingerprint density at radius 1 is 1.40 bits per heavy atom. The van der Waals surface area contributed by atoms with Gasteiger partial charge in [0.2, 0.25) is 0 Å².